The number of carbonyl (C=O) groups excluding carboxylic acids is 1. The molecule has 5 nitrogen and oxygen atoms in total. The van der Waals surface area contributed by atoms with Crippen molar-refractivity contribution < 1.29 is 4.79 Å². The van der Waals surface area contributed by atoms with E-state index < -0.39 is 0 Å². The second-order valence-corrected chi connectivity index (χ2v) is 7.87. The summed E-state index contributed by atoms with van der Waals surface area (Å²) >= 11 is 1.46. The number of nitrogens with one attached hydrogen (secondary N) is 1. The number of amides is 1. The lowest BCUT2D eigenvalue weighted by atomic mass is 10.1. The molecule has 1 N–H and O–H groups in total. The highest BCUT2D eigenvalue weighted by atomic mass is 32.2. The first kappa shape index (κ1) is 17.8. The second-order valence-electron chi connectivity index (χ2n) is 6.79. The fourth-order valence-corrected chi connectivity index (χ4v) is 4.00. The first-order chi connectivity index (χ1) is 13.2. The van der Waals surface area contributed by atoms with E-state index in [-0.39, 0.29) is 11.2 Å². The quantitative estimate of drug-likeness (QED) is 0.636. The minimum atomic E-state index is -0.343. The Morgan fingerprint density at radius 2 is 1.78 bits per heavy atom. The van der Waals surface area contributed by atoms with E-state index in [4.69, 9.17) is 0 Å². The third-order valence-corrected chi connectivity index (χ3v) is 5.81. The zero-order valence-electron chi connectivity index (χ0n) is 15.2. The highest BCUT2D eigenvalue weighted by molar-refractivity contribution is 8.00. The lowest BCUT2D eigenvalue weighted by molar-refractivity contribution is -0.120. The van der Waals surface area contributed by atoms with Gasteiger partial charge in [0, 0.05) is 6.04 Å². The lowest BCUT2D eigenvalue weighted by Gasteiger charge is -2.17. The maximum absolute atomic E-state index is 12.9. The van der Waals surface area contributed by atoms with E-state index in [9.17, 15) is 4.79 Å². The molecule has 1 heterocycles. The van der Waals surface area contributed by atoms with Crippen LogP contribution in [0.3, 0.4) is 0 Å². The van der Waals surface area contributed by atoms with Crippen LogP contribution in [-0.4, -0.2) is 26.7 Å². The van der Waals surface area contributed by atoms with Crippen molar-refractivity contribution in [2.75, 3.05) is 0 Å². The maximum Gasteiger partial charge on any atom is 0.238 e. The summed E-state index contributed by atoms with van der Waals surface area (Å²) in [7, 11) is 0. The molecule has 6 heteroatoms. The molecule has 27 heavy (non-hydrogen) atoms. The van der Waals surface area contributed by atoms with E-state index in [2.05, 4.69) is 32.2 Å². The van der Waals surface area contributed by atoms with Gasteiger partial charge in [-0.25, -0.2) is 0 Å². The van der Waals surface area contributed by atoms with E-state index in [1.807, 2.05) is 55.5 Å². The van der Waals surface area contributed by atoms with E-state index >= 15 is 0 Å². The van der Waals surface area contributed by atoms with Crippen molar-refractivity contribution >= 4 is 17.7 Å². The Hall–Kier alpha value is -2.60. The number of rotatable bonds is 7. The molecule has 0 radical (unpaired) electrons. The summed E-state index contributed by atoms with van der Waals surface area (Å²) < 4.78 is 2.07. The van der Waals surface area contributed by atoms with Crippen molar-refractivity contribution in [3.8, 4) is 0 Å². The number of hydrogen-bond donors (Lipinski definition) is 1. The van der Waals surface area contributed by atoms with Gasteiger partial charge in [-0.1, -0.05) is 72.4 Å². The normalized spacial score (nSPS) is 14.7. The minimum absolute atomic E-state index is 0.0422. The van der Waals surface area contributed by atoms with Gasteiger partial charge >= 0.3 is 0 Å². The van der Waals surface area contributed by atoms with Crippen LogP contribution < -0.4 is 5.32 Å². The molecule has 0 spiro atoms. The molecule has 1 fully saturated rings. The van der Waals surface area contributed by atoms with E-state index in [0.717, 1.165) is 29.4 Å². The van der Waals surface area contributed by atoms with E-state index in [1.165, 1.54) is 17.3 Å². The SMILES string of the molecule is Cc1nnc(S[C@@H](C(=O)NC2CC2)c2ccccc2)n1Cc1ccccc1. The summed E-state index contributed by atoms with van der Waals surface area (Å²) in [6.07, 6.45) is 2.14. The maximum atomic E-state index is 12.9. The monoisotopic (exact) mass is 378 g/mol. The average molecular weight is 379 g/mol. The molecular formula is C21H22N4OS. The summed E-state index contributed by atoms with van der Waals surface area (Å²) in [5, 5.41) is 12.2. The predicted molar refractivity (Wildman–Crippen MR) is 107 cm³/mol. The fraction of sp³-hybridized carbons (Fsp3) is 0.286. The van der Waals surface area contributed by atoms with Crippen LogP contribution >= 0.6 is 11.8 Å². The zero-order chi connectivity index (χ0) is 18.6. The molecule has 1 aliphatic carbocycles. The molecule has 138 valence electrons. The fourth-order valence-electron chi connectivity index (χ4n) is 2.91. The van der Waals surface area contributed by atoms with Crippen LogP contribution in [0.2, 0.25) is 0 Å². The predicted octanol–water partition coefficient (Wildman–Crippen LogP) is 3.75. The minimum Gasteiger partial charge on any atom is -0.352 e. The van der Waals surface area contributed by atoms with Gasteiger partial charge in [0.2, 0.25) is 5.91 Å². The van der Waals surface area contributed by atoms with E-state index in [1.54, 1.807) is 0 Å². The van der Waals surface area contributed by atoms with Crippen LogP contribution in [0.15, 0.2) is 65.8 Å². The Labute approximate surface area is 163 Å². The largest absolute Gasteiger partial charge is 0.352 e. The Bertz CT molecular complexity index is 906. The highest BCUT2D eigenvalue weighted by Crippen LogP contribution is 2.36. The van der Waals surface area contributed by atoms with Crippen LogP contribution in [0.25, 0.3) is 0 Å². The number of hydrogen-bond acceptors (Lipinski definition) is 4. The molecule has 0 unspecified atom stereocenters. The number of nitrogens with zero attached hydrogens (tertiary/aromatic N) is 3. The molecule has 1 aliphatic rings. The van der Waals surface area contributed by atoms with E-state index in [0.29, 0.717) is 12.6 Å². The van der Waals surface area contributed by atoms with Crippen LogP contribution in [0.5, 0.6) is 0 Å². The van der Waals surface area contributed by atoms with Gasteiger partial charge in [-0.3, -0.25) is 4.79 Å². The molecule has 3 aromatic rings. The van der Waals surface area contributed by atoms with Crippen LogP contribution in [0.1, 0.15) is 35.0 Å². The molecule has 4 rings (SSSR count). The first-order valence-electron chi connectivity index (χ1n) is 9.16. The third-order valence-electron chi connectivity index (χ3n) is 4.57. The van der Waals surface area contributed by atoms with Gasteiger partial charge in [-0.15, -0.1) is 10.2 Å². The van der Waals surface area contributed by atoms with Gasteiger partial charge in [0.05, 0.1) is 6.54 Å². The topological polar surface area (TPSA) is 59.8 Å². The van der Waals surface area contributed by atoms with Crippen molar-refractivity contribution in [2.24, 2.45) is 0 Å². The van der Waals surface area contributed by atoms with Crippen LogP contribution in [0.4, 0.5) is 0 Å². The molecule has 1 atom stereocenters. The third kappa shape index (κ3) is 4.39. The van der Waals surface area contributed by atoms with Crippen LogP contribution in [0, 0.1) is 6.92 Å². The van der Waals surface area contributed by atoms with Crippen LogP contribution in [-0.2, 0) is 11.3 Å². The van der Waals surface area contributed by atoms with Gasteiger partial charge in [0.25, 0.3) is 0 Å². The molecule has 0 saturated heterocycles. The van der Waals surface area contributed by atoms with Crippen molar-refractivity contribution in [1.82, 2.24) is 20.1 Å². The first-order valence-corrected chi connectivity index (χ1v) is 10.0. The van der Waals surface area contributed by atoms with Crippen molar-refractivity contribution in [3.05, 3.63) is 77.6 Å². The molecular weight excluding hydrogens is 356 g/mol. The highest BCUT2D eigenvalue weighted by Gasteiger charge is 2.30. The molecule has 1 saturated carbocycles. The van der Waals surface area contributed by atoms with Gasteiger partial charge in [-0.05, 0) is 30.9 Å². The Morgan fingerprint density at radius 1 is 1.11 bits per heavy atom. The number of aryl methyl sites for hydroxylation is 1. The lowest BCUT2D eigenvalue weighted by Crippen LogP contribution is -2.30. The Balaban J connectivity index is 1.60. The summed E-state index contributed by atoms with van der Waals surface area (Å²) in [6, 6.07) is 20.4. The zero-order valence-corrected chi connectivity index (χ0v) is 16.0. The van der Waals surface area contributed by atoms with Gasteiger partial charge in [-0.2, -0.15) is 0 Å². The van der Waals surface area contributed by atoms with Crippen molar-refractivity contribution in [3.63, 3.8) is 0 Å². The van der Waals surface area contributed by atoms with Crippen molar-refractivity contribution in [1.29, 1.82) is 0 Å². The standard InChI is InChI=1S/C21H22N4OS/c1-15-23-24-21(25(15)14-16-8-4-2-5-9-16)27-19(17-10-6-3-7-11-17)20(26)22-18-12-13-18/h2-11,18-19H,12-14H2,1H3,(H,22,26)/t19-/m1/s1. The Kier molecular flexibility index (Phi) is 5.25. The molecule has 2 aromatic carbocycles. The van der Waals surface area contributed by atoms with Crippen molar-refractivity contribution in [2.45, 2.75) is 42.8 Å². The molecule has 1 aromatic heterocycles. The number of aromatic nitrogens is 3. The number of benzene rings is 2. The summed E-state index contributed by atoms with van der Waals surface area (Å²) in [4.78, 5) is 12.9. The average Bonchev–Trinajstić information content (AvgIpc) is 3.45. The summed E-state index contributed by atoms with van der Waals surface area (Å²) in [5.41, 5.74) is 2.16. The summed E-state index contributed by atoms with van der Waals surface area (Å²) in [6.45, 7) is 2.63. The van der Waals surface area contributed by atoms with Gasteiger partial charge < -0.3 is 9.88 Å². The molecule has 0 bridgehead atoms. The Morgan fingerprint density at radius 3 is 2.44 bits per heavy atom. The number of thioether (sulfide) groups is 1. The number of carbonyl (C=O) groups is 1. The molecule has 0 aliphatic heterocycles. The molecule has 1 amide bonds. The van der Waals surface area contributed by atoms with Gasteiger partial charge in [0.15, 0.2) is 5.16 Å². The van der Waals surface area contributed by atoms with Gasteiger partial charge in [0.1, 0.15) is 11.1 Å². The smallest absolute Gasteiger partial charge is 0.238 e. The summed E-state index contributed by atoms with van der Waals surface area (Å²) in [5.74, 6) is 0.886. The second kappa shape index (κ2) is 7.96.